The van der Waals surface area contributed by atoms with Crippen LogP contribution in [0, 0.1) is 13.8 Å². The van der Waals surface area contributed by atoms with E-state index in [2.05, 4.69) is 15.5 Å². The first-order valence-corrected chi connectivity index (χ1v) is 9.00. The Kier molecular flexibility index (Phi) is 4.79. The fourth-order valence-corrected chi connectivity index (χ4v) is 3.87. The van der Waals surface area contributed by atoms with Gasteiger partial charge < -0.3 is 0 Å². The van der Waals surface area contributed by atoms with Crippen molar-refractivity contribution in [1.29, 1.82) is 0 Å². The van der Waals surface area contributed by atoms with E-state index in [0.717, 1.165) is 16.8 Å². The molecule has 5 nitrogen and oxygen atoms in total. The predicted molar refractivity (Wildman–Crippen MR) is 93.0 cm³/mol. The Morgan fingerprint density at radius 3 is 2.87 bits per heavy atom. The maximum Gasteiger partial charge on any atom is 0.214 e. The monoisotopic (exact) mass is 364 g/mol. The van der Waals surface area contributed by atoms with Gasteiger partial charge in [-0.05, 0) is 53.6 Å². The highest BCUT2D eigenvalue weighted by Crippen LogP contribution is 2.25. The minimum atomic E-state index is 0.0161. The van der Waals surface area contributed by atoms with Crippen LogP contribution in [0.4, 0.5) is 0 Å². The van der Waals surface area contributed by atoms with Crippen molar-refractivity contribution < 1.29 is 4.79 Å². The van der Waals surface area contributed by atoms with Gasteiger partial charge in [-0.15, -0.1) is 16.4 Å². The van der Waals surface area contributed by atoms with E-state index in [1.807, 2.05) is 32.0 Å². The third kappa shape index (κ3) is 3.63. The second-order valence-corrected chi connectivity index (χ2v) is 7.64. The number of Topliss-reactive ketones (excluding diaryl/α,β-unsaturated/α-hetero) is 1. The topological polar surface area (TPSA) is 60.7 Å². The molecular weight excluding hydrogens is 352 g/mol. The maximum absolute atomic E-state index is 12.2. The highest BCUT2D eigenvalue weighted by atomic mass is 35.5. The Balaban J connectivity index is 1.79. The van der Waals surface area contributed by atoms with E-state index < -0.39 is 0 Å². The van der Waals surface area contributed by atoms with Crippen LogP contribution in [0.5, 0.6) is 0 Å². The third-order valence-electron chi connectivity index (χ3n) is 3.21. The van der Waals surface area contributed by atoms with E-state index in [1.54, 1.807) is 16.8 Å². The summed E-state index contributed by atoms with van der Waals surface area (Å²) in [6.45, 7) is 4.02. The first-order chi connectivity index (χ1) is 11.0. The second kappa shape index (κ2) is 6.82. The summed E-state index contributed by atoms with van der Waals surface area (Å²) in [4.78, 5) is 12.8. The molecule has 0 unspecified atom stereocenters. The van der Waals surface area contributed by atoms with Crippen molar-refractivity contribution in [2.75, 3.05) is 5.75 Å². The van der Waals surface area contributed by atoms with E-state index in [-0.39, 0.29) is 11.5 Å². The molecule has 0 saturated heterocycles. The fraction of sp³-hybridized carbons (Fsp3) is 0.200. The molecule has 0 atom stereocenters. The molecule has 118 valence electrons. The Morgan fingerprint density at radius 1 is 1.30 bits per heavy atom. The van der Waals surface area contributed by atoms with Crippen LogP contribution < -0.4 is 0 Å². The zero-order valence-electron chi connectivity index (χ0n) is 12.5. The number of aromatic nitrogens is 4. The molecule has 0 fully saturated rings. The molecule has 0 aliphatic carbocycles. The lowest BCUT2D eigenvalue weighted by Gasteiger charge is -2.08. The molecule has 3 rings (SSSR count). The van der Waals surface area contributed by atoms with E-state index in [4.69, 9.17) is 11.6 Å². The van der Waals surface area contributed by atoms with Crippen LogP contribution in [0.2, 0.25) is 4.34 Å². The fourth-order valence-electron chi connectivity index (χ4n) is 2.03. The van der Waals surface area contributed by atoms with Gasteiger partial charge in [0.15, 0.2) is 5.78 Å². The standard InChI is InChI=1S/C15H13ClN4OS2/c1-9-3-4-10(2)11(7-9)20-15(17-18-19-20)22-8-12(21)13-5-6-14(16)23-13/h3-7H,8H2,1-2H3. The molecule has 0 aliphatic heterocycles. The van der Waals surface area contributed by atoms with E-state index in [0.29, 0.717) is 14.4 Å². The summed E-state index contributed by atoms with van der Waals surface area (Å²) in [5.74, 6) is 0.282. The quantitative estimate of drug-likeness (QED) is 0.506. The number of carbonyl (C=O) groups excluding carboxylic acids is 1. The van der Waals surface area contributed by atoms with Crippen LogP contribution >= 0.6 is 34.7 Å². The largest absolute Gasteiger partial charge is 0.292 e. The number of hydrogen-bond donors (Lipinski definition) is 0. The minimum absolute atomic E-state index is 0.0161. The molecule has 0 N–H and O–H groups in total. The lowest BCUT2D eigenvalue weighted by molar-refractivity contribution is 0.102. The zero-order valence-corrected chi connectivity index (χ0v) is 14.9. The molecule has 8 heteroatoms. The number of nitrogens with zero attached hydrogens (tertiary/aromatic N) is 4. The molecule has 0 saturated carbocycles. The Bertz CT molecular complexity index is 859. The van der Waals surface area contributed by atoms with Gasteiger partial charge in [-0.25, -0.2) is 0 Å². The smallest absolute Gasteiger partial charge is 0.214 e. The molecule has 1 aromatic carbocycles. The van der Waals surface area contributed by atoms with E-state index in [9.17, 15) is 4.79 Å². The van der Waals surface area contributed by atoms with Crippen LogP contribution in [-0.4, -0.2) is 31.7 Å². The molecule has 0 radical (unpaired) electrons. The van der Waals surface area contributed by atoms with Gasteiger partial charge in [0.25, 0.3) is 0 Å². The molecule has 23 heavy (non-hydrogen) atoms. The van der Waals surface area contributed by atoms with Crippen molar-refractivity contribution >= 4 is 40.5 Å². The summed E-state index contributed by atoms with van der Waals surface area (Å²) in [5.41, 5.74) is 3.12. The van der Waals surface area contributed by atoms with E-state index >= 15 is 0 Å². The highest BCUT2D eigenvalue weighted by molar-refractivity contribution is 7.99. The number of carbonyl (C=O) groups is 1. The molecule has 0 bridgehead atoms. The van der Waals surface area contributed by atoms with Gasteiger partial charge in [0.1, 0.15) is 0 Å². The van der Waals surface area contributed by atoms with Crippen molar-refractivity contribution in [2.24, 2.45) is 0 Å². The van der Waals surface area contributed by atoms with Crippen molar-refractivity contribution in [1.82, 2.24) is 20.2 Å². The van der Waals surface area contributed by atoms with Gasteiger partial charge in [-0.3, -0.25) is 4.79 Å². The third-order valence-corrected chi connectivity index (χ3v) is 5.41. The van der Waals surface area contributed by atoms with Gasteiger partial charge in [0.2, 0.25) is 5.16 Å². The lowest BCUT2D eigenvalue weighted by atomic mass is 10.1. The van der Waals surface area contributed by atoms with Crippen LogP contribution in [0.15, 0.2) is 35.5 Å². The highest BCUT2D eigenvalue weighted by Gasteiger charge is 2.15. The van der Waals surface area contributed by atoms with Gasteiger partial charge in [-0.1, -0.05) is 35.5 Å². The molecule has 2 heterocycles. The lowest BCUT2D eigenvalue weighted by Crippen LogP contribution is -2.05. The Labute approximate surface area is 146 Å². The molecular formula is C15H13ClN4OS2. The van der Waals surface area contributed by atoms with Gasteiger partial charge in [-0.2, -0.15) is 4.68 Å². The zero-order chi connectivity index (χ0) is 16.4. The normalized spacial score (nSPS) is 10.9. The summed E-state index contributed by atoms with van der Waals surface area (Å²) in [5, 5.41) is 12.4. The number of rotatable bonds is 5. The number of hydrogen-bond acceptors (Lipinski definition) is 6. The molecule has 2 aromatic heterocycles. The van der Waals surface area contributed by atoms with Crippen LogP contribution in [0.3, 0.4) is 0 Å². The predicted octanol–water partition coefficient (Wildman–Crippen LogP) is 3.97. The summed E-state index contributed by atoms with van der Waals surface area (Å²) in [6, 6.07) is 9.56. The van der Waals surface area contributed by atoms with Crippen LogP contribution in [0.25, 0.3) is 5.69 Å². The number of aryl methyl sites for hydroxylation is 2. The first-order valence-electron chi connectivity index (χ1n) is 6.82. The number of benzene rings is 1. The summed E-state index contributed by atoms with van der Waals surface area (Å²) >= 11 is 8.46. The Morgan fingerprint density at radius 2 is 2.13 bits per heavy atom. The number of halogens is 1. The second-order valence-electron chi connectivity index (χ2n) is 4.98. The number of thiophene rings is 1. The van der Waals surface area contributed by atoms with Crippen molar-refractivity contribution in [2.45, 2.75) is 19.0 Å². The average Bonchev–Trinajstić information content (AvgIpc) is 3.16. The first kappa shape index (κ1) is 16.2. The number of ketones is 1. The SMILES string of the molecule is Cc1ccc(C)c(-n2nnnc2SCC(=O)c2ccc(Cl)s2)c1. The number of thioether (sulfide) groups is 1. The molecule has 3 aromatic rings. The van der Waals surface area contributed by atoms with Crippen molar-refractivity contribution in [3.05, 3.63) is 50.7 Å². The summed E-state index contributed by atoms with van der Waals surface area (Å²) < 4.78 is 2.28. The molecule has 0 amide bonds. The number of tetrazole rings is 1. The van der Waals surface area contributed by atoms with Crippen LogP contribution in [0.1, 0.15) is 20.8 Å². The van der Waals surface area contributed by atoms with Crippen molar-refractivity contribution in [3.63, 3.8) is 0 Å². The minimum Gasteiger partial charge on any atom is -0.292 e. The van der Waals surface area contributed by atoms with Gasteiger partial charge in [0, 0.05) is 0 Å². The Hall–Kier alpha value is -1.70. The average molecular weight is 365 g/mol. The maximum atomic E-state index is 12.2. The van der Waals surface area contributed by atoms with Gasteiger partial charge >= 0.3 is 0 Å². The van der Waals surface area contributed by atoms with E-state index in [1.165, 1.54) is 23.1 Å². The molecule has 0 aliphatic rings. The summed E-state index contributed by atoms with van der Waals surface area (Å²) in [7, 11) is 0. The summed E-state index contributed by atoms with van der Waals surface area (Å²) in [6.07, 6.45) is 0. The van der Waals surface area contributed by atoms with Crippen LogP contribution in [-0.2, 0) is 0 Å². The van der Waals surface area contributed by atoms with Crippen molar-refractivity contribution in [3.8, 4) is 5.69 Å². The van der Waals surface area contributed by atoms with Gasteiger partial charge in [0.05, 0.1) is 20.7 Å². The molecule has 0 spiro atoms.